The molecule has 0 spiro atoms. The number of fused-ring (bicyclic) bond motifs is 1. The maximum absolute atomic E-state index is 6.04. The molecule has 0 bridgehead atoms. The molecule has 0 aromatic rings. The molecule has 3 rings (SSSR count). The topological polar surface area (TPSA) is 29.3 Å². The number of likely N-dealkylation sites (tertiary alicyclic amines) is 1. The van der Waals surface area contributed by atoms with E-state index in [0.29, 0.717) is 6.04 Å². The van der Waals surface area contributed by atoms with Crippen molar-refractivity contribution in [2.45, 2.75) is 69.9 Å². The number of piperidine rings is 1. The molecular weight excluding hydrogens is 208 g/mol. The zero-order chi connectivity index (χ0) is 11.7. The molecule has 0 aromatic carbocycles. The molecule has 98 valence electrons. The lowest BCUT2D eigenvalue weighted by Gasteiger charge is -2.45. The minimum Gasteiger partial charge on any atom is -0.328 e. The lowest BCUT2D eigenvalue weighted by atomic mass is 9.78. The van der Waals surface area contributed by atoms with E-state index in [1.54, 1.807) is 0 Å². The van der Waals surface area contributed by atoms with Crippen molar-refractivity contribution in [2.24, 2.45) is 17.6 Å². The SMILES string of the molecule is NC1CCC(CN2CCCC3CCCCC32)C1. The highest BCUT2D eigenvalue weighted by atomic mass is 15.2. The minimum absolute atomic E-state index is 0.506. The van der Waals surface area contributed by atoms with E-state index in [0.717, 1.165) is 17.9 Å². The molecule has 4 unspecified atom stereocenters. The van der Waals surface area contributed by atoms with Crippen molar-refractivity contribution in [3.63, 3.8) is 0 Å². The quantitative estimate of drug-likeness (QED) is 0.799. The summed E-state index contributed by atoms with van der Waals surface area (Å²) in [7, 11) is 0. The van der Waals surface area contributed by atoms with E-state index >= 15 is 0 Å². The van der Waals surface area contributed by atoms with Gasteiger partial charge in [0.2, 0.25) is 0 Å². The third-order valence-corrected chi connectivity index (χ3v) is 5.43. The van der Waals surface area contributed by atoms with Crippen LogP contribution in [-0.2, 0) is 0 Å². The van der Waals surface area contributed by atoms with Crippen LogP contribution in [0.1, 0.15) is 57.8 Å². The summed E-state index contributed by atoms with van der Waals surface area (Å²) in [6.45, 7) is 2.72. The number of nitrogens with zero attached hydrogens (tertiary/aromatic N) is 1. The van der Waals surface area contributed by atoms with Gasteiger partial charge in [-0.1, -0.05) is 12.8 Å². The highest BCUT2D eigenvalue weighted by molar-refractivity contribution is 4.89. The van der Waals surface area contributed by atoms with Gasteiger partial charge < -0.3 is 5.73 Å². The molecule has 2 nitrogen and oxygen atoms in total. The van der Waals surface area contributed by atoms with E-state index in [-0.39, 0.29) is 0 Å². The van der Waals surface area contributed by atoms with Crippen LogP contribution in [0.4, 0.5) is 0 Å². The molecule has 4 atom stereocenters. The fraction of sp³-hybridized carbons (Fsp3) is 1.00. The van der Waals surface area contributed by atoms with Gasteiger partial charge in [-0.25, -0.2) is 0 Å². The molecular formula is C15H28N2. The van der Waals surface area contributed by atoms with Gasteiger partial charge in [0, 0.05) is 18.6 Å². The summed E-state index contributed by atoms with van der Waals surface area (Å²) >= 11 is 0. The Morgan fingerprint density at radius 2 is 1.76 bits per heavy atom. The van der Waals surface area contributed by atoms with Crippen LogP contribution in [0, 0.1) is 11.8 Å². The molecule has 1 heterocycles. The first kappa shape index (κ1) is 12.0. The molecule has 2 heteroatoms. The van der Waals surface area contributed by atoms with Gasteiger partial charge >= 0.3 is 0 Å². The molecule has 1 aliphatic heterocycles. The Labute approximate surface area is 106 Å². The maximum Gasteiger partial charge on any atom is 0.0124 e. The Morgan fingerprint density at radius 1 is 0.941 bits per heavy atom. The van der Waals surface area contributed by atoms with E-state index in [1.165, 1.54) is 70.9 Å². The molecule has 0 radical (unpaired) electrons. The lowest BCUT2D eigenvalue weighted by molar-refractivity contribution is 0.0485. The number of hydrogen-bond donors (Lipinski definition) is 1. The average Bonchev–Trinajstić information content (AvgIpc) is 2.75. The summed E-state index contributed by atoms with van der Waals surface area (Å²) in [5.41, 5.74) is 6.04. The summed E-state index contributed by atoms with van der Waals surface area (Å²) in [5.74, 6) is 1.94. The van der Waals surface area contributed by atoms with E-state index in [4.69, 9.17) is 5.73 Å². The van der Waals surface area contributed by atoms with Crippen LogP contribution in [0.2, 0.25) is 0 Å². The summed E-state index contributed by atoms with van der Waals surface area (Å²) in [6, 6.07) is 1.45. The van der Waals surface area contributed by atoms with Crippen LogP contribution < -0.4 is 5.73 Å². The van der Waals surface area contributed by atoms with Gasteiger partial charge in [0.25, 0.3) is 0 Å². The van der Waals surface area contributed by atoms with Gasteiger partial charge in [0.05, 0.1) is 0 Å². The second-order valence-corrected chi connectivity index (χ2v) is 6.69. The highest BCUT2D eigenvalue weighted by Gasteiger charge is 2.35. The Bertz CT molecular complexity index is 251. The molecule has 2 aliphatic carbocycles. The predicted octanol–water partition coefficient (Wildman–Crippen LogP) is 2.77. The molecule has 0 amide bonds. The fourth-order valence-corrected chi connectivity index (χ4v) is 4.57. The first-order valence-electron chi connectivity index (χ1n) is 7.82. The van der Waals surface area contributed by atoms with Crippen molar-refractivity contribution >= 4 is 0 Å². The summed E-state index contributed by atoms with van der Waals surface area (Å²) in [5, 5.41) is 0. The minimum atomic E-state index is 0.506. The van der Waals surface area contributed by atoms with E-state index in [1.807, 2.05) is 0 Å². The maximum atomic E-state index is 6.04. The summed E-state index contributed by atoms with van der Waals surface area (Å²) in [6.07, 6.45) is 12.8. The fourth-order valence-electron chi connectivity index (χ4n) is 4.57. The van der Waals surface area contributed by atoms with Gasteiger partial charge in [-0.05, 0) is 63.3 Å². The molecule has 1 saturated heterocycles. The Kier molecular flexibility index (Phi) is 3.72. The predicted molar refractivity (Wildman–Crippen MR) is 71.9 cm³/mol. The van der Waals surface area contributed by atoms with Gasteiger partial charge in [0.1, 0.15) is 0 Å². The zero-order valence-corrected chi connectivity index (χ0v) is 11.1. The van der Waals surface area contributed by atoms with Crippen molar-refractivity contribution in [2.75, 3.05) is 13.1 Å². The largest absolute Gasteiger partial charge is 0.328 e. The standard InChI is InChI=1S/C15H28N2/c16-14-8-7-12(10-14)11-17-9-3-5-13-4-1-2-6-15(13)17/h12-15H,1-11,16H2. The number of nitrogens with two attached hydrogens (primary N) is 1. The van der Waals surface area contributed by atoms with Crippen LogP contribution in [0.15, 0.2) is 0 Å². The van der Waals surface area contributed by atoms with Crippen LogP contribution >= 0.6 is 0 Å². The van der Waals surface area contributed by atoms with Crippen molar-refractivity contribution in [1.29, 1.82) is 0 Å². The van der Waals surface area contributed by atoms with Crippen LogP contribution in [-0.4, -0.2) is 30.1 Å². The van der Waals surface area contributed by atoms with Gasteiger partial charge in [0.15, 0.2) is 0 Å². The first-order chi connectivity index (χ1) is 8.33. The molecule has 0 aromatic heterocycles. The molecule has 2 saturated carbocycles. The van der Waals surface area contributed by atoms with Crippen LogP contribution in [0.25, 0.3) is 0 Å². The molecule has 2 N–H and O–H groups in total. The summed E-state index contributed by atoms with van der Waals surface area (Å²) in [4.78, 5) is 2.84. The highest BCUT2D eigenvalue weighted by Crippen LogP contribution is 2.36. The Hall–Kier alpha value is -0.0800. The third kappa shape index (κ3) is 2.68. The zero-order valence-electron chi connectivity index (χ0n) is 11.1. The molecule has 17 heavy (non-hydrogen) atoms. The van der Waals surface area contributed by atoms with E-state index < -0.39 is 0 Å². The number of rotatable bonds is 2. The van der Waals surface area contributed by atoms with Crippen molar-refractivity contribution in [3.05, 3.63) is 0 Å². The van der Waals surface area contributed by atoms with E-state index in [9.17, 15) is 0 Å². The smallest absolute Gasteiger partial charge is 0.0124 e. The number of hydrogen-bond acceptors (Lipinski definition) is 2. The summed E-state index contributed by atoms with van der Waals surface area (Å²) < 4.78 is 0. The second-order valence-electron chi connectivity index (χ2n) is 6.69. The Balaban J connectivity index is 1.57. The first-order valence-corrected chi connectivity index (χ1v) is 7.82. The molecule has 3 fully saturated rings. The van der Waals surface area contributed by atoms with Crippen molar-refractivity contribution in [1.82, 2.24) is 4.90 Å². The van der Waals surface area contributed by atoms with Crippen LogP contribution in [0.5, 0.6) is 0 Å². The van der Waals surface area contributed by atoms with Gasteiger partial charge in [-0.15, -0.1) is 0 Å². The second kappa shape index (κ2) is 5.27. The van der Waals surface area contributed by atoms with Gasteiger partial charge in [-0.2, -0.15) is 0 Å². The average molecular weight is 236 g/mol. The van der Waals surface area contributed by atoms with Crippen LogP contribution in [0.3, 0.4) is 0 Å². The third-order valence-electron chi connectivity index (χ3n) is 5.43. The van der Waals surface area contributed by atoms with Crippen molar-refractivity contribution in [3.8, 4) is 0 Å². The monoisotopic (exact) mass is 236 g/mol. The lowest BCUT2D eigenvalue weighted by Crippen LogP contribution is -2.48. The molecule has 3 aliphatic rings. The normalized spacial score (nSPS) is 43.6. The van der Waals surface area contributed by atoms with Crippen molar-refractivity contribution < 1.29 is 0 Å². The van der Waals surface area contributed by atoms with Gasteiger partial charge in [-0.3, -0.25) is 4.90 Å². The van der Waals surface area contributed by atoms with E-state index in [2.05, 4.69) is 4.90 Å². The Morgan fingerprint density at radius 3 is 2.59 bits per heavy atom.